The number of carbonyl (C=O) groups excluding carboxylic acids is 2. The average Bonchev–Trinajstić information content (AvgIpc) is 3.18. The van der Waals surface area contributed by atoms with Crippen LogP contribution in [-0.4, -0.2) is 36.0 Å². The second-order valence-electron chi connectivity index (χ2n) is 8.33. The molecule has 164 valence electrons. The lowest BCUT2D eigenvalue weighted by atomic mass is 10.1. The van der Waals surface area contributed by atoms with E-state index in [0.29, 0.717) is 26.1 Å². The molecule has 0 aromatic heterocycles. The highest BCUT2D eigenvalue weighted by Crippen LogP contribution is 2.22. The molecule has 3 aromatic carbocycles. The zero-order valence-electron chi connectivity index (χ0n) is 18.4. The fourth-order valence-electron chi connectivity index (χ4n) is 4.01. The van der Waals surface area contributed by atoms with Crippen LogP contribution < -0.4 is 10.2 Å². The van der Waals surface area contributed by atoms with Gasteiger partial charge in [-0.3, -0.25) is 4.79 Å². The minimum Gasteiger partial charge on any atom is -0.333 e. The lowest BCUT2D eigenvalue weighted by Crippen LogP contribution is -2.46. The van der Waals surface area contributed by atoms with Crippen LogP contribution in [0.25, 0.3) is 0 Å². The van der Waals surface area contributed by atoms with Gasteiger partial charge in [-0.15, -0.1) is 0 Å². The van der Waals surface area contributed by atoms with E-state index in [2.05, 4.69) is 17.4 Å². The summed E-state index contributed by atoms with van der Waals surface area (Å²) in [4.78, 5) is 29.4. The first-order valence-corrected chi connectivity index (χ1v) is 11.1. The van der Waals surface area contributed by atoms with Crippen molar-refractivity contribution in [2.75, 3.05) is 18.0 Å². The van der Waals surface area contributed by atoms with Gasteiger partial charge >= 0.3 is 6.03 Å². The van der Waals surface area contributed by atoms with Gasteiger partial charge in [0.15, 0.2) is 0 Å². The molecule has 1 aliphatic heterocycles. The van der Waals surface area contributed by atoms with Crippen LogP contribution in [0.3, 0.4) is 0 Å². The molecular weight excluding hydrogens is 398 g/mol. The van der Waals surface area contributed by atoms with Crippen LogP contribution in [-0.2, 0) is 17.8 Å². The fourth-order valence-corrected chi connectivity index (χ4v) is 4.01. The number of hydrogen-bond acceptors (Lipinski definition) is 2. The van der Waals surface area contributed by atoms with Crippen LogP contribution in [0.4, 0.5) is 10.5 Å². The van der Waals surface area contributed by atoms with Crippen molar-refractivity contribution in [1.82, 2.24) is 10.2 Å². The zero-order chi connectivity index (χ0) is 22.3. The van der Waals surface area contributed by atoms with Crippen molar-refractivity contribution in [2.24, 2.45) is 0 Å². The number of aryl methyl sites for hydroxylation is 1. The Bertz CT molecular complexity index is 1040. The molecule has 3 aromatic rings. The van der Waals surface area contributed by atoms with Crippen molar-refractivity contribution in [3.8, 4) is 0 Å². The molecule has 1 saturated heterocycles. The molecule has 1 N–H and O–H groups in total. The van der Waals surface area contributed by atoms with E-state index in [9.17, 15) is 9.59 Å². The largest absolute Gasteiger partial charge is 0.333 e. The van der Waals surface area contributed by atoms with Gasteiger partial charge in [-0.1, -0.05) is 78.4 Å². The smallest absolute Gasteiger partial charge is 0.318 e. The summed E-state index contributed by atoms with van der Waals surface area (Å²) in [7, 11) is 0. The Hall–Kier alpha value is -3.60. The van der Waals surface area contributed by atoms with Gasteiger partial charge in [0.2, 0.25) is 5.91 Å². The summed E-state index contributed by atoms with van der Waals surface area (Å²) in [6.07, 6.45) is 1.09. The number of amides is 3. The van der Waals surface area contributed by atoms with E-state index in [1.54, 1.807) is 4.90 Å². The quantitative estimate of drug-likeness (QED) is 0.601. The molecule has 32 heavy (non-hydrogen) atoms. The second kappa shape index (κ2) is 10.1. The Morgan fingerprint density at radius 2 is 1.56 bits per heavy atom. The van der Waals surface area contributed by atoms with Gasteiger partial charge in [0, 0.05) is 31.7 Å². The maximum Gasteiger partial charge on any atom is 0.318 e. The Morgan fingerprint density at radius 1 is 0.938 bits per heavy atom. The van der Waals surface area contributed by atoms with E-state index >= 15 is 0 Å². The van der Waals surface area contributed by atoms with E-state index in [0.717, 1.165) is 23.2 Å². The highest BCUT2D eigenvalue weighted by Gasteiger charge is 2.32. The number of hydrogen-bond donors (Lipinski definition) is 1. The van der Waals surface area contributed by atoms with Crippen LogP contribution in [0.15, 0.2) is 84.9 Å². The summed E-state index contributed by atoms with van der Waals surface area (Å²) in [6.45, 7) is 3.65. The highest BCUT2D eigenvalue weighted by molar-refractivity contribution is 5.96. The molecule has 5 heteroatoms. The average molecular weight is 428 g/mol. The van der Waals surface area contributed by atoms with Gasteiger partial charge in [-0.05, 0) is 36.6 Å². The van der Waals surface area contributed by atoms with E-state index in [-0.39, 0.29) is 18.0 Å². The van der Waals surface area contributed by atoms with Crippen molar-refractivity contribution in [3.63, 3.8) is 0 Å². The third kappa shape index (κ3) is 5.55. The molecule has 5 nitrogen and oxygen atoms in total. The fraction of sp³-hybridized carbons (Fsp3) is 0.259. The molecule has 0 bridgehead atoms. The summed E-state index contributed by atoms with van der Waals surface area (Å²) < 4.78 is 0. The Balaban J connectivity index is 1.42. The first-order valence-electron chi connectivity index (χ1n) is 11.1. The van der Waals surface area contributed by atoms with E-state index in [1.807, 2.05) is 84.6 Å². The molecule has 3 amide bonds. The van der Waals surface area contributed by atoms with Crippen LogP contribution in [0, 0.1) is 6.92 Å². The maximum atomic E-state index is 13.2. The number of rotatable bonds is 7. The molecule has 4 rings (SSSR count). The molecule has 0 saturated carbocycles. The van der Waals surface area contributed by atoms with Crippen molar-refractivity contribution >= 4 is 17.6 Å². The van der Waals surface area contributed by atoms with Gasteiger partial charge < -0.3 is 15.1 Å². The number of anilines is 1. The number of urea groups is 1. The highest BCUT2D eigenvalue weighted by atomic mass is 16.2. The Labute approximate surface area is 189 Å². The van der Waals surface area contributed by atoms with Crippen LogP contribution in [0.2, 0.25) is 0 Å². The predicted octanol–water partition coefficient (Wildman–Crippen LogP) is 4.55. The Morgan fingerprint density at radius 3 is 2.22 bits per heavy atom. The first-order chi connectivity index (χ1) is 15.6. The normalized spacial score (nSPS) is 15.6. The summed E-state index contributed by atoms with van der Waals surface area (Å²) in [5.41, 5.74) is 4.31. The lowest BCUT2D eigenvalue weighted by molar-refractivity contribution is -0.117. The molecule has 1 unspecified atom stereocenters. The third-order valence-electron chi connectivity index (χ3n) is 5.81. The number of benzene rings is 3. The van der Waals surface area contributed by atoms with Crippen molar-refractivity contribution in [1.29, 1.82) is 0 Å². The maximum absolute atomic E-state index is 13.2. The third-order valence-corrected chi connectivity index (χ3v) is 5.81. The van der Waals surface area contributed by atoms with Gasteiger partial charge in [0.05, 0.1) is 6.04 Å². The number of nitrogens with one attached hydrogen (secondary N) is 1. The molecule has 0 aliphatic carbocycles. The molecule has 1 heterocycles. The van der Waals surface area contributed by atoms with Crippen molar-refractivity contribution in [3.05, 3.63) is 102 Å². The van der Waals surface area contributed by atoms with Crippen LogP contribution in [0.5, 0.6) is 0 Å². The van der Waals surface area contributed by atoms with Crippen LogP contribution >= 0.6 is 0 Å². The monoisotopic (exact) mass is 427 g/mol. The molecule has 1 aliphatic rings. The van der Waals surface area contributed by atoms with Gasteiger partial charge in [-0.25, -0.2) is 4.79 Å². The second-order valence-corrected chi connectivity index (χ2v) is 8.33. The molecule has 0 spiro atoms. The standard InChI is InChI=1S/C27H29N3O2/c1-21-12-14-25(15-13-21)30-20-24(18-26(30)31)28-27(32)29(19-23-10-6-3-7-11-23)17-16-22-8-4-2-5-9-22/h2-15,24H,16-20H2,1H3,(H,28,32). The summed E-state index contributed by atoms with van der Waals surface area (Å²) >= 11 is 0. The topological polar surface area (TPSA) is 52.7 Å². The predicted molar refractivity (Wildman–Crippen MR) is 127 cm³/mol. The number of nitrogens with zero attached hydrogens (tertiary/aromatic N) is 2. The summed E-state index contributed by atoms with van der Waals surface area (Å²) in [6, 6.07) is 27.8. The minimum absolute atomic E-state index is 0.0399. The molecular formula is C27H29N3O2. The Kier molecular flexibility index (Phi) is 6.85. The molecule has 0 radical (unpaired) electrons. The summed E-state index contributed by atoms with van der Waals surface area (Å²) in [5, 5.41) is 3.10. The van der Waals surface area contributed by atoms with E-state index < -0.39 is 0 Å². The molecule has 1 fully saturated rings. The number of carbonyl (C=O) groups is 2. The minimum atomic E-state index is -0.202. The van der Waals surface area contributed by atoms with E-state index in [1.165, 1.54) is 5.56 Å². The van der Waals surface area contributed by atoms with Gasteiger partial charge in [0.25, 0.3) is 0 Å². The van der Waals surface area contributed by atoms with Gasteiger partial charge in [0.1, 0.15) is 0 Å². The zero-order valence-corrected chi connectivity index (χ0v) is 18.4. The van der Waals surface area contributed by atoms with E-state index in [4.69, 9.17) is 0 Å². The van der Waals surface area contributed by atoms with Crippen molar-refractivity contribution in [2.45, 2.75) is 32.4 Å². The summed E-state index contributed by atoms with van der Waals surface area (Å²) in [5.74, 6) is 0.0399. The first kappa shape index (κ1) is 21.6. The lowest BCUT2D eigenvalue weighted by Gasteiger charge is -2.25. The molecule has 1 atom stereocenters. The van der Waals surface area contributed by atoms with Gasteiger partial charge in [-0.2, -0.15) is 0 Å². The van der Waals surface area contributed by atoms with Crippen LogP contribution in [0.1, 0.15) is 23.1 Å². The SMILES string of the molecule is Cc1ccc(N2CC(NC(=O)N(CCc3ccccc3)Cc3ccccc3)CC2=O)cc1. The van der Waals surface area contributed by atoms with Crippen molar-refractivity contribution < 1.29 is 9.59 Å².